The summed E-state index contributed by atoms with van der Waals surface area (Å²) in [5.41, 5.74) is 5.14. The van der Waals surface area contributed by atoms with Crippen LogP contribution in [0.25, 0.3) is 10.9 Å². The molecular formula is C15H13N3O5S2. The maximum absolute atomic E-state index is 12.9. The predicted molar refractivity (Wildman–Crippen MR) is 90.9 cm³/mol. The molecule has 10 heteroatoms. The first-order chi connectivity index (χ1) is 11.6. The third-order valence-electron chi connectivity index (χ3n) is 3.59. The number of amides is 1. The molecule has 8 nitrogen and oxygen atoms in total. The van der Waals surface area contributed by atoms with E-state index in [4.69, 9.17) is 10.9 Å². The first-order valence-corrected chi connectivity index (χ1v) is 9.90. The number of carbonyl (C=O) groups is 1. The maximum Gasteiger partial charge on any atom is 0.268 e. The van der Waals surface area contributed by atoms with Crippen molar-refractivity contribution in [2.24, 2.45) is 10.9 Å². The second-order valence-electron chi connectivity index (χ2n) is 5.24. The maximum atomic E-state index is 12.9. The van der Waals surface area contributed by atoms with Crippen molar-refractivity contribution in [1.82, 2.24) is 3.97 Å². The Bertz CT molecular complexity index is 1200. The van der Waals surface area contributed by atoms with Crippen LogP contribution in [0.4, 0.5) is 0 Å². The molecule has 0 fully saturated rings. The molecule has 0 saturated heterocycles. The number of sulfonamides is 1. The number of carbonyl (C=O) groups excluding carboxylic acids is 1. The van der Waals surface area contributed by atoms with Crippen LogP contribution in [0, 0.1) is 0 Å². The summed E-state index contributed by atoms with van der Waals surface area (Å²) >= 11 is 0. The van der Waals surface area contributed by atoms with Crippen LogP contribution in [0.2, 0.25) is 0 Å². The zero-order valence-corrected chi connectivity index (χ0v) is 14.3. The molecule has 0 spiro atoms. The number of rotatable bonds is 4. The number of fused-ring (bicyclic) bond motifs is 1. The Labute approximate surface area is 143 Å². The number of hydrogen-bond donors (Lipinski definition) is 2. The summed E-state index contributed by atoms with van der Waals surface area (Å²) in [5.74, 6) is -0.965. The molecule has 0 aliphatic heterocycles. The van der Waals surface area contributed by atoms with Gasteiger partial charge in [0.05, 0.1) is 15.3 Å². The molecule has 0 aliphatic rings. The van der Waals surface area contributed by atoms with E-state index in [9.17, 15) is 21.6 Å². The normalized spacial score (nSPS) is 12.4. The highest BCUT2D eigenvalue weighted by molar-refractivity contribution is 7.90. The molecule has 0 bridgehead atoms. The fourth-order valence-electron chi connectivity index (χ4n) is 2.47. The van der Waals surface area contributed by atoms with Crippen LogP contribution in [-0.2, 0) is 20.0 Å². The second-order valence-corrected chi connectivity index (χ2v) is 8.59. The third kappa shape index (κ3) is 2.90. The van der Waals surface area contributed by atoms with Crippen molar-refractivity contribution < 1.29 is 21.6 Å². The molecule has 4 N–H and O–H groups in total. The Morgan fingerprint density at radius 1 is 0.880 bits per heavy atom. The Kier molecular flexibility index (Phi) is 3.90. The third-order valence-corrected chi connectivity index (χ3v) is 6.24. The van der Waals surface area contributed by atoms with E-state index in [1.807, 2.05) is 0 Å². The number of nitrogens with zero attached hydrogens (tertiary/aromatic N) is 1. The smallest absolute Gasteiger partial charge is 0.268 e. The number of hydrogen-bond acceptors (Lipinski definition) is 5. The number of nitrogens with two attached hydrogens (primary N) is 2. The van der Waals surface area contributed by atoms with Crippen LogP contribution in [0.3, 0.4) is 0 Å². The summed E-state index contributed by atoms with van der Waals surface area (Å²) in [6, 6.07) is 12.3. The number of benzene rings is 2. The number of primary amides is 1. The van der Waals surface area contributed by atoms with E-state index in [-0.39, 0.29) is 26.4 Å². The molecular weight excluding hydrogens is 366 g/mol. The lowest BCUT2D eigenvalue weighted by Gasteiger charge is -2.10. The Morgan fingerprint density at radius 3 is 2.08 bits per heavy atom. The van der Waals surface area contributed by atoms with Crippen molar-refractivity contribution in [3.63, 3.8) is 0 Å². The topological polar surface area (TPSA) is 142 Å². The molecule has 25 heavy (non-hydrogen) atoms. The molecule has 0 aliphatic carbocycles. The SMILES string of the molecule is NC(=O)c1cc2cc(S(N)(=O)=O)ccc2n1S(=O)(=O)c1ccccc1. The minimum Gasteiger partial charge on any atom is -0.364 e. The molecule has 130 valence electrons. The molecule has 3 rings (SSSR count). The van der Waals surface area contributed by atoms with Crippen LogP contribution < -0.4 is 10.9 Å². The van der Waals surface area contributed by atoms with E-state index in [0.29, 0.717) is 0 Å². The average Bonchev–Trinajstić information content (AvgIpc) is 2.94. The monoisotopic (exact) mass is 379 g/mol. The van der Waals surface area contributed by atoms with Crippen LogP contribution in [-0.4, -0.2) is 26.7 Å². The Hall–Kier alpha value is -2.69. The molecule has 0 saturated carbocycles. The first kappa shape index (κ1) is 17.1. The summed E-state index contributed by atoms with van der Waals surface area (Å²) in [5, 5.41) is 5.29. The molecule has 1 heterocycles. The number of primary sulfonamides is 1. The molecule has 3 aromatic rings. The largest absolute Gasteiger partial charge is 0.364 e. The Balaban J connectivity index is 2.38. The lowest BCUT2D eigenvalue weighted by atomic mass is 10.2. The predicted octanol–water partition coefficient (Wildman–Crippen LogP) is 0.625. The van der Waals surface area contributed by atoms with Gasteiger partial charge >= 0.3 is 0 Å². The summed E-state index contributed by atoms with van der Waals surface area (Å²) in [7, 11) is -8.09. The van der Waals surface area contributed by atoms with Gasteiger partial charge in [-0.2, -0.15) is 0 Å². The van der Waals surface area contributed by atoms with Crippen LogP contribution in [0.1, 0.15) is 10.5 Å². The molecule has 1 amide bonds. The lowest BCUT2D eigenvalue weighted by Crippen LogP contribution is -2.22. The van der Waals surface area contributed by atoms with Crippen molar-refractivity contribution in [1.29, 1.82) is 0 Å². The van der Waals surface area contributed by atoms with E-state index < -0.39 is 26.0 Å². The van der Waals surface area contributed by atoms with E-state index in [0.717, 1.165) is 3.97 Å². The van der Waals surface area contributed by atoms with E-state index in [1.54, 1.807) is 18.2 Å². The van der Waals surface area contributed by atoms with Gasteiger partial charge < -0.3 is 5.73 Å². The standard InChI is InChI=1S/C15H13N3O5S2/c16-15(19)14-9-10-8-12(24(17,20)21)6-7-13(10)18(14)25(22,23)11-4-2-1-3-5-11/h1-9H,(H2,16,19)(H2,17,20,21). The molecule has 0 radical (unpaired) electrons. The average molecular weight is 379 g/mol. The number of aromatic nitrogens is 1. The summed E-state index contributed by atoms with van der Waals surface area (Å²) in [6.07, 6.45) is 0. The summed E-state index contributed by atoms with van der Waals surface area (Å²) in [6.45, 7) is 0. The summed E-state index contributed by atoms with van der Waals surface area (Å²) in [4.78, 5) is 11.5. The van der Waals surface area contributed by atoms with Crippen molar-refractivity contribution in [3.8, 4) is 0 Å². The van der Waals surface area contributed by atoms with Crippen molar-refractivity contribution in [2.45, 2.75) is 9.79 Å². The van der Waals surface area contributed by atoms with E-state index in [1.165, 1.54) is 36.4 Å². The van der Waals surface area contributed by atoms with Gasteiger partial charge in [0.25, 0.3) is 15.9 Å². The van der Waals surface area contributed by atoms with Crippen LogP contribution >= 0.6 is 0 Å². The molecule has 0 atom stereocenters. The fraction of sp³-hybridized carbons (Fsp3) is 0. The fourth-order valence-corrected chi connectivity index (χ4v) is 4.56. The van der Waals surface area contributed by atoms with Crippen molar-refractivity contribution >= 4 is 36.9 Å². The highest BCUT2D eigenvalue weighted by Gasteiger charge is 2.25. The molecule has 0 unspecified atom stereocenters. The van der Waals surface area contributed by atoms with Gasteiger partial charge in [-0.05, 0) is 36.4 Å². The molecule has 1 aromatic heterocycles. The Morgan fingerprint density at radius 2 is 1.52 bits per heavy atom. The van der Waals surface area contributed by atoms with Gasteiger partial charge in [0.2, 0.25) is 10.0 Å². The van der Waals surface area contributed by atoms with Crippen LogP contribution in [0.5, 0.6) is 0 Å². The van der Waals surface area contributed by atoms with Gasteiger partial charge in [-0.15, -0.1) is 0 Å². The van der Waals surface area contributed by atoms with Gasteiger partial charge in [0.1, 0.15) is 5.69 Å². The zero-order chi connectivity index (χ0) is 18.4. The van der Waals surface area contributed by atoms with Gasteiger partial charge in [-0.1, -0.05) is 18.2 Å². The van der Waals surface area contributed by atoms with Gasteiger partial charge in [-0.3, -0.25) is 4.79 Å². The lowest BCUT2D eigenvalue weighted by molar-refractivity contribution is 0.0995. The van der Waals surface area contributed by atoms with Gasteiger partial charge in [0, 0.05) is 5.39 Å². The minimum absolute atomic E-state index is 0.0366. The first-order valence-electron chi connectivity index (χ1n) is 6.91. The highest BCUT2D eigenvalue weighted by atomic mass is 32.2. The van der Waals surface area contributed by atoms with Crippen molar-refractivity contribution in [2.75, 3.05) is 0 Å². The minimum atomic E-state index is -4.11. The van der Waals surface area contributed by atoms with Gasteiger partial charge in [0.15, 0.2) is 0 Å². The van der Waals surface area contributed by atoms with E-state index in [2.05, 4.69) is 0 Å². The van der Waals surface area contributed by atoms with Crippen molar-refractivity contribution in [3.05, 3.63) is 60.3 Å². The quantitative estimate of drug-likeness (QED) is 0.683. The second kappa shape index (κ2) is 5.69. The summed E-state index contributed by atoms with van der Waals surface area (Å²) < 4.78 is 49.6. The van der Waals surface area contributed by atoms with E-state index >= 15 is 0 Å². The van der Waals surface area contributed by atoms with Crippen LogP contribution in [0.15, 0.2) is 64.4 Å². The highest BCUT2D eigenvalue weighted by Crippen LogP contribution is 2.27. The van der Waals surface area contributed by atoms with Gasteiger partial charge in [-0.25, -0.2) is 25.9 Å². The molecule has 2 aromatic carbocycles. The zero-order valence-electron chi connectivity index (χ0n) is 12.7.